The van der Waals surface area contributed by atoms with Gasteiger partial charge in [-0.3, -0.25) is 15.1 Å². The molecule has 1 aromatic rings. The van der Waals surface area contributed by atoms with Crippen LogP contribution in [0.2, 0.25) is 0 Å². The molecule has 3 N–H and O–H groups in total. The minimum absolute atomic E-state index is 0. The minimum atomic E-state index is -0.786. The van der Waals surface area contributed by atoms with Crippen molar-refractivity contribution in [3.63, 3.8) is 0 Å². The average Bonchev–Trinajstić information content (AvgIpc) is 3.02. The monoisotopic (exact) mass is 381 g/mol. The van der Waals surface area contributed by atoms with Crippen LogP contribution in [0.4, 0.5) is 0 Å². The van der Waals surface area contributed by atoms with Gasteiger partial charge in [-0.2, -0.15) is 5.90 Å². The van der Waals surface area contributed by atoms with Gasteiger partial charge in [-0.25, -0.2) is 4.79 Å². The smallest absolute Gasteiger partial charge is 0.334 e. The number of nitrogens with two attached hydrogens (primary N) is 1. The van der Waals surface area contributed by atoms with E-state index in [1.54, 1.807) is 24.2 Å². The van der Waals surface area contributed by atoms with E-state index in [0.717, 1.165) is 12.0 Å². The second kappa shape index (κ2) is 10.8. The van der Waals surface area contributed by atoms with Crippen molar-refractivity contribution in [1.82, 2.24) is 10.3 Å². The molecule has 2 rings (SSSR count). The van der Waals surface area contributed by atoms with Crippen LogP contribution in [0.15, 0.2) is 24.5 Å². The molecule has 9 heteroatoms. The van der Waals surface area contributed by atoms with Gasteiger partial charge in [0.05, 0.1) is 11.4 Å². The van der Waals surface area contributed by atoms with Crippen molar-refractivity contribution < 1.29 is 14.4 Å². The van der Waals surface area contributed by atoms with E-state index < -0.39 is 11.9 Å². The van der Waals surface area contributed by atoms with Gasteiger partial charge in [0.25, 0.3) is 0 Å². The Bertz CT molecular complexity index is 507. The molecule has 0 spiro atoms. The van der Waals surface area contributed by atoms with E-state index in [1.807, 2.05) is 19.1 Å². The number of Topliss-reactive ketones (excluding diaryl/α,β-unsaturated/α-hetero) is 1. The quantitative estimate of drug-likeness (QED) is 0.574. The molecule has 0 amide bonds. The summed E-state index contributed by atoms with van der Waals surface area (Å²) >= 11 is 1.63. The van der Waals surface area contributed by atoms with E-state index in [2.05, 4.69) is 15.1 Å². The molecular formula is C14H21Cl2N3O3S. The number of carbonyl (C=O) groups is 2. The van der Waals surface area contributed by atoms with Crippen molar-refractivity contribution >= 4 is 48.3 Å². The highest BCUT2D eigenvalue weighted by Gasteiger charge is 2.37. The van der Waals surface area contributed by atoms with Crippen LogP contribution >= 0.6 is 36.6 Å². The summed E-state index contributed by atoms with van der Waals surface area (Å²) in [5, 5.41) is 3.27. The van der Waals surface area contributed by atoms with E-state index >= 15 is 0 Å². The summed E-state index contributed by atoms with van der Waals surface area (Å²) < 4.78 is 0. The van der Waals surface area contributed by atoms with Gasteiger partial charge in [0.2, 0.25) is 0 Å². The zero-order chi connectivity index (χ0) is 15.2. The van der Waals surface area contributed by atoms with Crippen molar-refractivity contribution in [2.24, 2.45) is 11.8 Å². The van der Waals surface area contributed by atoms with Crippen LogP contribution in [0.1, 0.15) is 30.7 Å². The van der Waals surface area contributed by atoms with Gasteiger partial charge in [-0.05, 0) is 18.1 Å². The topological polar surface area (TPSA) is 94.3 Å². The number of thioether (sulfide) groups is 1. The molecule has 1 fully saturated rings. The zero-order valence-electron chi connectivity index (χ0n) is 12.6. The van der Waals surface area contributed by atoms with Gasteiger partial charge in [0.1, 0.15) is 5.92 Å². The fourth-order valence-electron chi connectivity index (χ4n) is 2.35. The Balaban J connectivity index is 0.00000242. The van der Waals surface area contributed by atoms with Gasteiger partial charge in [0, 0.05) is 18.1 Å². The molecule has 1 aromatic heterocycles. The first kappa shape index (κ1) is 22.1. The van der Waals surface area contributed by atoms with E-state index in [-0.39, 0.29) is 42.0 Å². The maximum Gasteiger partial charge on any atom is 0.334 e. The first-order chi connectivity index (χ1) is 10.2. The number of carbonyl (C=O) groups excluding carboxylic acids is 2. The van der Waals surface area contributed by atoms with Gasteiger partial charge >= 0.3 is 5.97 Å². The van der Waals surface area contributed by atoms with Gasteiger partial charge in [-0.1, -0.05) is 19.4 Å². The Morgan fingerprint density at radius 2 is 2.26 bits per heavy atom. The highest BCUT2D eigenvalue weighted by atomic mass is 35.5. The Kier molecular flexibility index (Phi) is 10.4. The molecule has 1 saturated heterocycles. The summed E-state index contributed by atoms with van der Waals surface area (Å²) in [6.45, 7) is 1.92. The summed E-state index contributed by atoms with van der Waals surface area (Å²) in [5.74, 6) is 3.96. The molecule has 2 heterocycles. The van der Waals surface area contributed by atoms with Gasteiger partial charge in [0.15, 0.2) is 5.78 Å². The largest absolute Gasteiger partial charge is 0.373 e. The van der Waals surface area contributed by atoms with Crippen molar-refractivity contribution in [1.29, 1.82) is 0 Å². The highest BCUT2D eigenvalue weighted by molar-refractivity contribution is 7.99. The fraction of sp³-hybridized carbons (Fsp3) is 0.500. The zero-order valence-corrected chi connectivity index (χ0v) is 15.1. The molecule has 3 atom stereocenters. The fourth-order valence-corrected chi connectivity index (χ4v) is 3.59. The molecule has 0 saturated carbocycles. The summed E-state index contributed by atoms with van der Waals surface area (Å²) in [6.07, 6.45) is 4.65. The van der Waals surface area contributed by atoms with Crippen molar-refractivity contribution in [3.8, 4) is 0 Å². The van der Waals surface area contributed by atoms with Gasteiger partial charge in [-0.15, -0.1) is 36.6 Å². The normalized spacial score (nSPS) is 20.8. The number of hydrogen-bond donors (Lipinski definition) is 2. The summed E-state index contributed by atoms with van der Waals surface area (Å²) in [6, 6.07) is 3.46. The van der Waals surface area contributed by atoms with Crippen LogP contribution in [-0.2, 0) is 14.4 Å². The number of nitrogens with zero attached hydrogens (tertiary/aromatic N) is 1. The lowest BCUT2D eigenvalue weighted by Gasteiger charge is -2.17. The minimum Gasteiger partial charge on any atom is -0.373 e. The van der Waals surface area contributed by atoms with E-state index in [0.29, 0.717) is 12.2 Å². The third-order valence-corrected chi connectivity index (χ3v) is 4.70. The molecular weight excluding hydrogens is 361 g/mol. The van der Waals surface area contributed by atoms with Crippen LogP contribution in [0.5, 0.6) is 0 Å². The molecule has 0 aliphatic carbocycles. The Morgan fingerprint density at radius 1 is 1.52 bits per heavy atom. The maximum atomic E-state index is 12.5. The maximum absolute atomic E-state index is 12.5. The van der Waals surface area contributed by atoms with Crippen LogP contribution in [0.3, 0.4) is 0 Å². The lowest BCUT2D eigenvalue weighted by atomic mass is 9.94. The number of nitrogens with one attached hydrogen (secondary N) is 1. The van der Waals surface area contributed by atoms with E-state index in [1.165, 1.54) is 0 Å². The number of rotatable bonds is 6. The first-order valence-electron chi connectivity index (χ1n) is 6.89. The third kappa shape index (κ3) is 5.61. The average molecular weight is 382 g/mol. The molecule has 0 aromatic carbocycles. The Labute approximate surface area is 152 Å². The van der Waals surface area contributed by atoms with E-state index in [9.17, 15) is 9.59 Å². The van der Waals surface area contributed by atoms with Crippen molar-refractivity contribution in [2.75, 3.05) is 5.75 Å². The number of ketones is 1. The molecule has 1 aliphatic rings. The molecule has 6 nitrogen and oxygen atoms in total. The lowest BCUT2D eigenvalue weighted by molar-refractivity contribution is -0.153. The SMILES string of the molecule is CCCC(C(=O)ON)C(=O)C1CSC(c2cccnc2)N1.Cl.Cl. The molecule has 23 heavy (non-hydrogen) atoms. The lowest BCUT2D eigenvalue weighted by Crippen LogP contribution is -2.42. The first-order valence-corrected chi connectivity index (χ1v) is 7.94. The van der Waals surface area contributed by atoms with E-state index in [4.69, 9.17) is 5.90 Å². The predicted octanol–water partition coefficient (Wildman–Crippen LogP) is 2.03. The molecule has 3 unspecified atom stereocenters. The van der Waals surface area contributed by atoms with Crippen molar-refractivity contribution in [3.05, 3.63) is 30.1 Å². The van der Waals surface area contributed by atoms with Crippen molar-refractivity contribution in [2.45, 2.75) is 31.2 Å². The summed E-state index contributed by atoms with van der Waals surface area (Å²) in [7, 11) is 0. The third-order valence-electron chi connectivity index (χ3n) is 3.43. The number of hydrogen-bond acceptors (Lipinski definition) is 7. The Hall–Kier alpha value is -0.860. The summed E-state index contributed by atoms with van der Waals surface area (Å²) in [4.78, 5) is 32.4. The second-order valence-electron chi connectivity index (χ2n) is 4.90. The molecule has 130 valence electrons. The predicted molar refractivity (Wildman–Crippen MR) is 94.5 cm³/mol. The van der Waals surface area contributed by atoms with Crippen LogP contribution in [0.25, 0.3) is 0 Å². The number of halogens is 2. The number of pyridine rings is 1. The molecule has 0 bridgehead atoms. The Morgan fingerprint density at radius 3 is 2.83 bits per heavy atom. The van der Waals surface area contributed by atoms with Gasteiger partial charge < -0.3 is 4.84 Å². The van der Waals surface area contributed by atoms with Crippen LogP contribution in [-0.4, -0.2) is 28.5 Å². The summed E-state index contributed by atoms with van der Waals surface area (Å²) in [5.41, 5.74) is 1.02. The van der Waals surface area contributed by atoms with Crippen LogP contribution in [0, 0.1) is 5.92 Å². The standard InChI is InChI=1S/C14H19N3O3S.2ClH/c1-2-4-10(14(19)20-15)12(18)11-8-21-13(17-11)9-5-3-6-16-7-9;;/h3,5-7,10-11,13,17H,2,4,8,15H2,1H3;2*1H. The molecule has 1 aliphatic heterocycles. The number of aromatic nitrogens is 1. The highest BCUT2D eigenvalue weighted by Crippen LogP contribution is 2.33. The molecule has 0 radical (unpaired) electrons. The second-order valence-corrected chi connectivity index (χ2v) is 6.04. The van der Waals surface area contributed by atoms with Crippen LogP contribution < -0.4 is 11.2 Å².